The fraction of sp³-hybridized carbons (Fsp3) is 0.375. The van der Waals surface area contributed by atoms with E-state index >= 15 is 0 Å². The molecule has 0 saturated heterocycles. The zero-order valence-electron chi connectivity index (χ0n) is 12.0. The molecule has 0 saturated carbocycles. The lowest BCUT2D eigenvalue weighted by Gasteiger charge is -2.37. The molecule has 0 bridgehead atoms. The van der Waals surface area contributed by atoms with Crippen LogP contribution in [0.1, 0.15) is 0 Å². The molecule has 4 nitrogen and oxygen atoms in total. The number of aliphatic hydroxyl groups excluding tert-OH is 3. The van der Waals surface area contributed by atoms with Crippen LogP contribution >= 0.6 is 0 Å². The number of quaternary nitrogens is 1. The van der Waals surface area contributed by atoms with Crippen LogP contribution in [-0.2, 0) is 0 Å². The fourth-order valence-electron chi connectivity index (χ4n) is 2.89. The van der Waals surface area contributed by atoms with Crippen LogP contribution in [-0.4, -0.2) is 54.8 Å². The lowest BCUT2D eigenvalue weighted by atomic mass is 10.1. The number of nitrogens with zero attached hydrogens (tertiary/aromatic N) is 1. The van der Waals surface area contributed by atoms with Gasteiger partial charge in [0.1, 0.15) is 25.3 Å². The van der Waals surface area contributed by atoms with Gasteiger partial charge in [0, 0.05) is 5.39 Å². The van der Waals surface area contributed by atoms with Crippen LogP contribution in [0.4, 0.5) is 5.69 Å². The Hall–Kier alpha value is -1.17. The van der Waals surface area contributed by atoms with Crippen LogP contribution in [0.5, 0.6) is 0 Å². The minimum atomic E-state index is 0. The fourth-order valence-corrected chi connectivity index (χ4v) is 2.89. The Morgan fingerprint density at radius 2 is 1.24 bits per heavy atom. The van der Waals surface area contributed by atoms with Gasteiger partial charge in [-0.25, -0.2) is 0 Å². The van der Waals surface area contributed by atoms with Crippen molar-refractivity contribution >= 4 is 16.5 Å². The van der Waals surface area contributed by atoms with E-state index in [2.05, 4.69) is 0 Å². The quantitative estimate of drug-likeness (QED) is 0.525. The average Bonchev–Trinajstić information content (AvgIpc) is 2.47. The van der Waals surface area contributed by atoms with E-state index in [0.717, 1.165) is 16.5 Å². The summed E-state index contributed by atoms with van der Waals surface area (Å²) in [7, 11) is 0. The van der Waals surface area contributed by atoms with Gasteiger partial charge in [0.2, 0.25) is 0 Å². The summed E-state index contributed by atoms with van der Waals surface area (Å²) in [5.41, 5.74) is 1.04. The Balaban J connectivity index is 0.00000220. The first kappa shape index (κ1) is 17.9. The third-order valence-corrected chi connectivity index (χ3v) is 3.86. The maximum atomic E-state index is 9.41. The zero-order valence-corrected chi connectivity index (χ0v) is 12.7. The summed E-state index contributed by atoms with van der Waals surface area (Å²) in [6, 6.07) is 14.1. The second-order valence-corrected chi connectivity index (χ2v) is 4.99. The van der Waals surface area contributed by atoms with Gasteiger partial charge in [-0.1, -0.05) is 30.3 Å². The summed E-state index contributed by atoms with van der Waals surface area (Å²) in [5, 5.41) is 30.5. The van der Waals surface area contributed by atoms with Crippen molar-refractivity contribution in [3.05, 3.63) is 42.5 Å². The monoisotopic (exact) mass is 311 g/mol. The van der Waals surface area contributed by atoms with Crippen LogP contribution < -0.4 is 16.9 Å². The second kappa shape index (κ2) is 8.32. The highest BCUT2D eigenvalue weighted by Gasteiger charge is 2.30. The average molecular weight is 312 g/mol. The van der Waals surface area contributed by atoms with E-state index in [0.29, 0.717) is 24.1 Å². The number of rotatable bonds is 7. The van der Waals surface area contributed by atoms with Crippen molar-refractivity contribution in [1.82, 2.24) is 4.48 Å². The molecular formula is C16H22ClNO3. The van der Waals surface area contributed by atoms with Crippen LogP contribution in [0.3, 0.4) is 0 Å². The lowest BCUT2D eigenvalue weighted by Crippen LogP contribution is -3.00. The van der Waals surface area contributed by atoms with Gasteiger partial charge in [0.25, 0.3) is 0 Å². The van der Waals surface area contributed by atoms with E-state index in [-0.39, 0.29) is 32.2 Å². The Morgan fingerprint density at radius 3 is 1.81 bits per heavy atom. The van der Waals surface area contributed by atoms with Crippen molar-refractivity contribution in [2.45, 2.75) is 0 Å². The molecule has 0 heterocycles. The first-order valence-electron chi connectivity index (χ1n) is 6.94. The molecule has 3 N–H and O–H groups in total. The molecule has 2 aromatic rings. The number of halogens is 1. The van der Waals surface area contributed by atoms with Gasteiger partial charge in [-0.15, -0.1) is 0 Å². The van der Waals surface area contributed by atoms with Crippen LogP contribution in [0.2, 0.25) is 0 Å². The van der Waals surface area contributed by atoms with Gasteiger partial charge in [0.05, 0.1) is 19.8 Å². The van der Waals surface area contributed by atoms with Crippen LogP contribution in [0.15, 0.2) is 42.5 Å². The van der Waals surface area contributed by atoms with Gasteiger partial charge in [0.15, 0.2) is 0 Å². The molecule has 0 aliphatic carbocycles. The number of benzene rings is 2. The molecule has 0 amide bonds. The molecule has 2 rings (SSSR count). The minimum Gasteiger partial charge on any atom is -1.00 e. The first-order valence-corrected chi connectivity index (χ1v) is 6.94. The molecule has 116 valence electrons. The SMILES string of the molecule is OCC[N+](CCO)(CCO)c1cccc2ccccc12.[Cl-]. The van der Waals surface area contributed by atoms with Crippen molar-refractivity contribution in [2.75, 3.05) is 39.5 Å². The van der Waals surface area contributed by atoms with Gasteiger partial charge in [-0.3, -0.25) is 4.48 Å². The van der Waals surface area contributed by atoms with Crippen molar-refractivity contribution in [3.63, 3.8) is 0 Å². The third kappa shape index (κ3) is 3.73. The maximum absolute atomic E-state index is 9.41. The highest BCUT2D eigenvalue weighted by molar-refractivity contribution is 5.93. The normalized spacial score (nSPS) is 11.4. The van der Waals surface area contributed by atoms with E-state index < -0.39 is 0 Å². The highest BCUT2D eigenvalue weighted by atomic mass is 35.5. The zero-order chi connectivity index (χ0) is 14.4. The summed E-state index contributed by atoms with van der Waals surface area (Å²) < 4.78 is 0.394. The summed E-state index contributed by atoms with van der Waals surface area (Å²) in [4.78, 5) is 0. The van der Waals surface area contributed by atoms with Gasteiger partial charge in [-0.05, 0) is 17.5 Å². The number of aliphatic hydroxyl groups is 3. The molecule has 21 heavy (non-hydrogen) atoms. The molecule has 0 atom stereocenters. The largest absolute Gasteiger partial charge is 1.00 e. The lowest BCUT2D eigenvalue weighted by molar-refractivity contribution is -0.00000885. The van der Waals surface area contributed by atoms with E-state index in [1.165, 1.54) is 0 Å². The summed E-state index contributed by atoms with van der Waals surface area (Å²) >= 11 is 0. The molecular weight excluding hydrogens is 290 g/mol. The van der Waals surface area contributed by atoms with Crippen LogP contribution in [0, 0.1) is 0 Å². The molecule has 0 spiro atoms. The molecule has 0 aliphatic heterocycles. The summed E-state index contributed by atoms with van der Waals surface area (Å²) in [6.07, 6.45) is 0. The highest BCUT2D eigenvalue weighted by Crippen LogP contribution is 2.31. The Labute approximate surface area is 131 Å². The minimum absolute atomic E-state index is 0. The van der Waals surface area contributed by atoms with Gasteiger partial charge < -0.3 is 27.7 Å². The third-order valence-electron chi connectivity index (χ3n) is 3.86. The van der Waals surface area contributed by atoms with E-state index in [1.54, 1.807) is 0 Å². The smallest absolute Gasteiger partial charge is 0.140 e. The molecule has 0 aliphatic rings. The number of fused-ring (bicyclic) bond motifs is 1. The maximum Gasteiger partial charge on any atom is 0.140 e. The second-order valence-electron chi connectivity index (χ2n) is 4.99. The predicted molar refractivity (Wildman–Crippen MR) is 81.6 cm³/mol. The first-order chi connectivity index (χ1) is 9.77. The molecule has 5 heteroatoms. The number of hydrogen-bond acceptors (Lipinski definition) is 3. The van der Waals surface area contributed by atoms with Crippen LogP contribution in [0.25, 0.3) is 10.8 Å². The molecule has 0 radical (unpaired) electrons. The van der Waals surface area contributed by atoms with Crippen molar-refractivity contribution in [2.24, 2.45) is 0 Å². The molecule has 2 aromatic carbocycles. The van der Waals surface area contributed by atoms with E-state index in [1.807, 2.05) is 42.5 Å². The van der Waals surface area contributed by atoms with E-state index in [4.69, 9.17) is 0 Å². The predicted octanol–water partition coefficient (Wildman–Crippen LogP) is -1.87. The Bertz CT molecular complexity index is 540. The molecule has 0 unspecified atom stereocenters. The van der Waals surface area contributed by atoms with Gasteiger partial charge >= 0.3 is 0 Å². The summed E-state index contributed by atoms with van der Waals surface area (Å²) in [6.45, 7) is 1.50. The number of hydrogen-bond donors (Lipinski definition) is 3. The Kier molecular flexibility index (Phi) is 7.08. The Morgan fingerprint density at radius 1 is 0.714 bits per heavy atom. The van der Waals surface area contributed by atoms with Gasteiger partial charge in [-0.2, -0.15) is 0 Å². The standard InChI is InChI=1S/C16H22NO3.ClH/c18-11-8-17(9-12-19,10-13-20)16-7-3-5-14-4-1-2-6-15(14)16;/h1-7,18-20H,8-13H2;1H/q+1;/p-1. The summed E-state index contributed by atoms with van der Waals surface area (Å²) in [5.74, 6) is 0. The molecule has 0 aromatic heterocycles. The molecule has 0 fully saturated rings. The van der Waals surface area contributed by atoms with Crippen molar-refractivity contribution in [1.29, 1.82) is 0 Å². The topological polar surface area (TPSA) is 60.7 Å². The van der Waals surface area contributed by atoms with Crippen molar-refractivity contribution in [3.8, 4) is 0 Å². The van der Waals surface area contributed by atoms with Crippen molar-refractivity contribution < 1.29 is 27.7 Å². The van der Waals surface area contributed by atoms with E-state index in [9.17, 15) is 15.3 Å².